The normalized spacial score (nSPS) is 10.7. The van der Waals surface area contributed by atoms with Crippen molar-refractivity contribution in [3.8, 4) is 5.75 Å². The van der Waals surface area contributed by atoms with Gasteiger partial charge in [0.2, 0.25) is 0 Å². The summed E-state index contributed by atoms with van der Waals surface area (Å²) in [5.41, 5.74) is 1.02. The van der Waals surface area contributed by atoms with Crippen molar-refractivity contribution in [2.75, 3.05) is 12.4 Å². The molecule has 7 heteroatoms. The van der Waals surface area contributed by atoms with Gasteiger partial charge in [0.1, 0.15) is 11.3 Å². The number of rotatable bonds is 3. The number of halogens is 2. The first-order valence-electron chi connectivity index (χ1n) is 6.28. The number of para-hydroxylation sites is 1. The van der Waals surface area contributed by atoms with Crippen LogP contribution >= 0.6 is 34.5 Å². The number of ether oxygens (including phenoxy) is 1. The molecule has 112 valence electrons. The molecule has 3 aromatic rings. The minimum absolute atomic E-state index is 0.338. The number of hydrogen-bond acceptors (Lipinski definition) is 4. The van der Waals surface area contributed by atoms with Crippen LogP contribution in [0, 0.1) is 0 Å². The van der Waals surface area contributed by atoms with Crippen LogP contribution in [0.25, 0.3) is 10.2 Å². The number of thiazole rings is 1. The fourth-order valence-electron chi connectivity index (χ4n) is 1.99. The Labute approximate surface area is 140 Å². The summed E-state index contributed by atoms with van der Waals surface area (Å²) >= 11 is 13.4. The minimum Gasteiger partial charge on any atom is -0.496 e. The van der Waals surface area contributed by atoms with E-state index >= 15 is 0 Å². The Morgan fingerprint density at radius 2 is 2.09 bits per heavy atom. The maximum Gasteiger partial charge on any atom is 0.261 e. The third-order valence-corrected chi connectivity index (χ3v) is 4.47. The van der Waals surface area contributed by atoms with Gasteiger partial charge in [0.15, 0.2) is 5.13 Å². The van der Waals surface area contributed by atoms with Gasteiger partial charge in [-0.15, -0.1) is 0 Å². The average molecular weight is 353 g/mol. The highest BCUT2D eigenvalue weighted by atomic mass is 35.5. The molecule has 4 nitrogen and oxygen atoms in total. The van der Waals surface area contributed by atoms with Gasteiger partial charge >= 0.3 is 0 Å². The number of carbonyl (C=O) groups is 1. The largest absolute Gasteiger partial charge is 0.496 e. The Balaban J connectivity index is 1.93. The van der Waals surface area contributed by atoms with E-state index in [1.165, 1.54) is 18.4 Å². The van der Waals surface area contributed by atoms with Crippen LogP contribution in [0.3, 0.4) is 0 Å². The number of fused-ring (bicyclic) bond motifs is 1. The highest BCUT2D eigenvalue weighted by Crippen LogP contribution is 2.31. The molecular formula is C15H10Cl2N2O2S. The van der Waals surface area contributed by atoms with E-state index in [0.29, 0.717) is 32.0 Å². The summed E-state index contributed by atoms with van der Waals surface area (Å²) in [5.74, 6) is 0.107. The van der Waals surface area contributed by atoms with Crippen molar-refractivity contribution in [3.05, 3.63) is 52.0 Å². The Kier molecular flexibility index (Phi) is 4.20. The zero-order valence-electron chi connectivity index (χ0n) is 11.4. The molecule has 0 unspecified atom stereocenters. The van der Waals surface area contributed by atoms with Crippen LogP contribution in [0.15, 0.2) is 36.4 Å². The zero-order valence-corrected chi connectivity index (χ0v) is 13.7. The zero-order chi connectivity index (χ0) is 15.7. The predicted octanol–water partition coefficient (Wildman–Crippen LogP) is 4.86. The maximum absolute atomic E-state index is 12.4. The van der Waals surface area contributed by atoms with Crippen molar-refractivity contribution in [1.29, 1.82) is 0 Å². The Hall–Kier alpha value is -1.82. The predicted molar refractivity (Wildman–Crippen MR) is 90.6 cm³/mol. The van der Waals surface area contributed by atoms with E-state index < -0.39 is 0 Å². The van der Waals surface area contributed by atoms with Crippen molar-refractivity contribution >= 4 is 55.8 Å². The van der Waals surface area contributed by atoms with Crippen molar-refractivity contribution in [3.63, 3.8) is 0 Å². The fourth-order valence-corrected chi connectivity index (χ4v) is 3.32. The molecule has 0 spiro atoms. The smallest absolute Gasteiger partial charge is 0.261 e. The summed E-state index contributed by atoms with van der Waals surface area (Å²) in [6.45, 7) is 0. The number of hydrogen-bond donors (Lipinski definition) is 1. The van der Waals surface area contributed by atoms with Crippen LogP contribution in [0.1, 0.15) is 10.4 Å². The van der Waals surface area contributed by atoms with Crippen LogP contribution in [0.5, 0.6) is 5.75 Å². The quantitative estimate of drug-likeness (QED) is 0.731. The molecule has 1 N–H and O–H groups in total. The highest BCUT2D eigenvalue weighted by Gasteiger charge is 2.15. The lowest BCUT2D eigenvalue weighted by Gasteiger charge is -2.08. The molecule has 1 aromatic heterocycles. The lowest BCUT2D eigenvalue weighted by molar-refractivity contribution is 0.102. The van der Waals surface area contributed by atoms with Crippen LogP contribution < -0.4 is 10.1 Å². The summed E-state index contributed by atoms with van der Waals surface area (Å²) in [6.07, 6.45) is 0. The first-order valence-corrected chi connectivity index (χ1v) is 7.85. The SMILES string of the molecule is COc1ccc(Cl)cc1C(=O)Nc1nc2c(Cl)cccc2s1. The van der Waals surface area contributed by atoms with Gasteiger partial charge in [-0.25, -0.2) is 4.98 Å². The number of nitrogens with zero attached hydrogens (tertiary/aromatic N) is 1. The van der Waals surface area contributed by atoms with E-state index in [1.807, 2.05) is 12.1 Å². The standard InChI is InChI=1S/C15H10Cl2N2O2S/c1-21-11-6-5-8(16)7-9(11)14(20)19-15-18-13-10(17)3-2-4-12(13)22-15/h2-7H,1H3,(H,18,19,20). The molecular weight excluding hydrogens is 343 g/mol. The first-order chi connectivity index (χ1) is 10.6. The number of methoxy groups -OCH3 is 1. The molecule has 0 aliphatic heterocycles. The molecule has 0 fully saturated rings. The van der Waals surface area contributed by atoms with Gasteiger partial charge in [0.25, 0.3) is 5.91 Å². The molecule has 0 aliphatic rings. The van der Waals surface area contributed by atoms with E-state index in [9.17, 15) is 4.79 Å². The van der Waals surface area contributed by atoms with Gasteiger partial charge in [-0.2, -0.15) is 0 Å². The molecule has 3 rings (SSSR count). The van der Waals surface area contributed by atoms with E-state index in [0.717, 1.165) is 4.70 Å². The van der Waals surface area contributed by atoms with Crippen LogP contribution in [0.4, 0.5) is 5.13 Å². The molecule has 0 bridgehead atoms. The van der Waals surface area contributed by atoms with Crippen LogP contribution in [-0.2, 0) is 0 Å². The Morgan fingerprint density at radius 3 is 2.82 bits per heavy atom. The molecule has 22 heavy (non-hydrogen) atoms. The third-order valence-electron chi connectivity index (χ3n) is 3.00. The van der Waals surface area contributed by atoms with Crippen molar-refractivity contribution in [2.24, 2.45) is 0 Å². The number of carbonyl (C=O) groups excluding carboxylic acids is 1. The molecule has 0 saturated carbocycles. The summed E-state index contributed by atoms with van der Waals surface area (Å²) in [7, 11) is 1.50. The lowest BCUT2D eigenvalue weighted by Crippen LogP contribution is -2.13. The monoisotopic (exact) mass is 352 g/mol. The van der Waals surface area contributed by atoms with Crippen LogP contribution in [0.2, 0.25) is 10.0 Å². The van der Waals surface area contributed by atoms with Crippen molar-refractivity contribution in [1.82, 2.24) is 4.98 Å². The summed E-state index contributed by atoms with van der Waals surface area (Å²) in [4.78, 5) is 16.7. The second-order valence-electron chi connectivity index (χ2n) is 4.40. The number of aromatic nitrogens is 1. The topological polar surface area (TPSA) is 51.2 Å². The molecule has 2 aromatic carbocycles. The van der Waals surface area contributed by atoms with Gasteiger partial charge in [0.05, 0.1) is 22.4 Å². The molecule has 1 amide bonds. The highest BCUT2D eigenvalue weighted by molar-refractivity contribution is 7.22. The summed E-state index contributed by atoms with van der Waals surface area (Å²) in [5, 5.41) is 4.22. The molecule has 0 atom stereocenters. The average Bonchev–Trinajstić information content (AvgIpc) is 2.91. The number of anilines is 1. The van der Waals surface area contributed by atoms with Crippen molar-refractivity contribution < 1.29 is 9.53 Å². The number of benzene rings is 2. The first kappa shape index (κ1) is 15.1. The Morgan fingerprint density at radius 1 is 1.27 bits per heavy atom. The minimum atomic E-state index is -0.338. The molecule has 0 saturated heterocycles. The van der Waals surface area contributed by atoms with Gasteiger partial charge < -0.3 is 4.74 Å². The van der Waals surface area contributed by atoms with Crippen molar-refractivity contribution in [2.45, 2.75) is 0 Å². The summed E-state index contributed by atoms with van der Waals surface area (Å²) < 4.78 is 6.08. The van der Waals surface area contributed by atoms with Gasteiger partial charge in [-0.1, -0.05) is 40.6 Å². The second-order valence-corrected chi connectivity index (χ2v) is 6.28. The van der Waals surface area contributed by atoms with Gasteiger partial charge in [0, 0.05) is 5.02 Å². The van der Waals surface area contributed by atoms with E-state index in [-0.39, 0.29) is 5.91 Å². The molecule has 0 aliphatic carbocycles. The van der Waals surface area contributed by atoms with Crippen LogP contribution in [-0.4, -0.2) is 18.0 Å². The van der Waals surface area contributed by atoms with Gasteiger partial charge in [-0.05, 0) is 30.3 Å². The number of nitrogens with one attached hydrogen (secondary N) is 1. The number of amides is 1. The maximum atomic E-state index is 12.4. The fraction of sp³-hybridized carbons (Fsp3) is 0.0667. The third kappa shape index (κ3) is 2.88. The van der Waals surface area contributed by atoms with E-state index in [4.69, 9.17) is 27.9 Å². The van der Waals surface area contributed by atoms with E-state index in [1.54, 1.807) is 24.3 Å². The van der Waals surface area contributed by atoms with Gasteiger partial charge in [-0.3, -0.25) is 10.1 Å². The molecule has 1 heterocycles. The second kappa shape index (κ2) is 6.12. The summed E-state index contributed by atoms with van der Waals surface area (Å²) in [6, 6.07) is 10.4. The lowest BCUT2D eigenvalue weighted by atomic mass is 10.2. The van der Waals surface area contributed by atoms with E-state index in [2.05, 4.69) is 10.3 Å². The molecule has 0 radical (unpaired) electrons. The Bertz CT molecular complexity index is 864.